The van der Waals surface area contributed by atoms with E-state index in [1.54, 1.807) is 6.08 Å². The number of fused-ring (bicyclic) bond motifs is 1. The normalized spacial score (nSPS) is 10.3. The third kappa shape index (κ3) is 2.74. The van der Waals surface area contributed by atoms with E-state index in [-0.39, 0.29) is 5.91 Å². The molecule has 0 fully saturated rings. The van der Waals surface area contributed by atoms with Crippen LogP contribution in [0.5, 0.6) is 0 Å². The van der Waals surface area contributed by atoms with Gasteiger partial charge >= 0.3 is 0 Å². The number of para-hydroxylation sites is 1. The van der Waals surface area contributed by atoms with Gasteiger partial charge in [0.15, 0.2) is 0 Å². The summed E-state index contributed by atoms with van der Waals surface area (Å²) in [6, 6.07) is 9.99. The molecule has 0 unspecified atom stereocenters. The molecule has 3 heteroatoms. The standard InChI is InChI=1S/C15H16N2O/c1-3-8-16-15(18)10-14-11(2)9-12-6-4-5-7-13(12)17-14/h3-7,9H,1,8,10H2,2H3,(H,16,18). The van der Waals surface area contributed by atoms with Crippen molar-refractivity contribution in [3.05, 3.63) is 54.2 Å². The van der Waals surface area contributed by atoms with E-state index < -0.39 is 0 Å². The molecule has 0 atom stereocenters. The van der Waals surface area contributed by atoms with Crippen LogP contribution in [0.1, 0.15) is 11.3 Å². The predicted octanol–water partition coefficient (Wildman–Crippen LogP) is 2.39. The fraction of sp³-hybridized carbons (Fsp3) is 0.200. The van der Waals surface area contributed by atoms with Gasteiger partial charge in [0.1, 0.15) is 0 Å². The zero-order chi connectivity index (χ0) is 13.0. The predicted molar refractivity (Wildman–Crippen MR) is 73.4 cm³/mol. The molecule has 0 aliphatic heterocycles. The van der Waals surface area contributed by atoms with E-state index in [0.29, 0.717) is 13.0 Å². The summed E-state index contributed by atoms with van der Waals surface area (Å²) in [5.41, 5.74) is 2.80. The number of nitrogens with zero attached hydrogens (tertiary/aromatic N) is 1. The van der Waals surface area contributed by atoms with Crippen LogP contribution >= 0.6 is 0 Å². The molecule has 1 heterocycles. The monoisotopic (exact) mass is 240 g/mol. The second kappa shape index (κ2) is 5.45. The molecule has 1 aromatic carbocycles. The number of hydrogen-bond donors (Lipinski definition) is 1. The first kappa shape index (κ1) is 12.3. The van der Waals surface area contributed by atoms with Gasteiger partial charge in [-0.05, 0) is 24.6 Å². The van der Waals surface area contributed by atoms with Gasteiger partial charge in [0.2, 0.25) is 5.91 Å². The number of benzene rings is 1. The number of carbonyl (C=O) groups is 1. The van der Waals surface area contributed by atoms with Gasteiger partial charge < -0.3 is 5.32 Å². The Kier molecular flexibility index (Phi) is 3.72. The van der Waals surface area contributed by atoms with Crippen molar-refractivity contribution in [3.63, 3.8) is 0 Å². The number of carbonyl (C=O) groups excluding carboxylic acids is 1. The van der Waals surface area contributed by atoms with Gasteiger partial charge in [-0.1, -0.05) is 24.3 Å². The summed E-state index contributed by atoms with van der Waals surface area (Å²) in [6.07, 6.45) is 1.98. The average molecular weight is 240 g/mol. The van der Waals surface area contributed by atoms with Crippen LogP contribution < -0.4 is 5.32 Å². The molecule has 1 N–H and O–H groups in total. The number of aromatic nitrogens is 1. The number of rotatable bonds is 4. The summed E-state index contributed by atoms with van der Waals surface area (Å²) < 4.78 is 0. The van der Waals surface area contributed by atoms with Crippen LogP contribution in [0.15, 0.2) is 43.0 Å². The van der Waals surface area contributed by atoms with Crippen LogP contribution in [0, 0.1) is 6.92 Å². The molecule has 0 bridgehead atoms. The molecule has 1 amide bonds. The maximum atomic E-state index is 11.7. The van der Waals surface area contributed by atoms with E-state index in [9.17, 15) is 4.79 Å². The number of hydrogen-bond acceptors (Lipinski definition) is 2. The summed E-state index contributed by atoms with van der Waals surface area (Å²) in [4.78, 5) is 16.2. The fourth-order valence-electron chi connectivity index (χ4n) is 1.84. The molecule has 2 rings (SSSR count). The van der Waals surface area contributed by atoms with E-state index >= 15 is 0 Å². The van der Waals surface area contributed by atoms with Gasteiger partial charge in [-0.3, -0.25) is 9.78 Å². The van der Waals surface area contributed by atoms with Crippen molar-refractivity contribution < 1.29 is 4.79 Å². The molecule has 18 heavy (non-hydrogen) atoms. The fourth-order valence-corrected chi connectivity index (χ4v) is 1.84. The zero-order valence-corrected chi connectivity index (χ0v) is 10.4. The Labute approximate surface area is 107 Å². The van der Waals surface area contributed by atoms with Crippen molar-refractivity contribution in [2.75, 3.05) is 6.54 Å². The van der Waals surface area contributed by atoms with Crippen molar-refractivity contribution in [1.82, 2.24) is 10.3 Å². The maximum absolute atomic E-state index is 11.7. The lowest BCUT2D eigenvalue weighted by molar-refractivity contribution is -0.120. The molecule has 0 radical (unpaired) electrons. The third-order valence-corrected chi connectivity index (χ3v) is 2.79. The van der Waals surface area contributed by atoms with Crippen molar-refractivity contribution in [2.45, 2.75) is 13.3 Å². The Morgan fingerprint density at radius 2 is 2.22 bits per heavy atom. The second-order valence-corrected chi connectivity index (χ2v) is 4.21. The first-order valence-corrected chi connectivity index (χ1v) is 5.93. The number of pyridine rings is 1. The second-order valence-electron chi connectivity index (χ2n) is 4.21. The van der Waals surface area contributed by atoms with Gasteiger partial charge in [-0.15, -0.1) is 6.58 Å². The van der Waals surface area contributed by atoms with E-state index in [1.165, 1.54) is 0 Å². The maximum Gasteiger partial charge on any atom is 0.226 e. The van der Waals surface area contributed by atoms with Crippen LogP contribution in [0.4, 0.5) is 0 Å². The molecule has 0 saturated heterocycles. The van der Waals surface area contributed by atoms with Crippen LogP contribution in [0.25, 0.3) is 10.9 Å². The summed E-state index contributed by atoms with van der Waals surface area (Å²) >= 11 is 0. The Bertz CT molecular complexity index is 590. The highest BCUT2D eigenvalue weighted by atomic mass is 16.1. The lowest BCUT2D eigenvalue weighted by Gasteiger charge is -2.07. The third-order valence-electron chi connectivity index (χ3n) is 2.79. The molecular formula is C15H16N2O. The summed E-state index contributed by atoms with van der Waals surface area (Å²) in [7, 11) is 0. The summed E-state index contributed by atoms with van der Waals surface area (Å²) in [5.74, 6) is -0.0271. The van der Waals surface area contributed by atoms with Crippen molar-refractivity contribution in [3.8, 4) is 0 Å². The zero-order valence-electron chi connectivity index (χ0n) is 10.4. The lowest BCUT2D eigenvalue weighted by atomic mass is 10.1. The highest BCUT2D eigenvalue weighted by Crippen LogP contribution is 2.16. The van der Waals surface area contributed by atoms with E-state index in [1.807, 2.05) is 31.2 Å². The highest BCUT2D eigenvalue weighted by molar-refractivity contribution is 5.82. The van der Waals surface area contributed by atoms with Crippen LogP contribution in [-0.4, -0.2) is 17.4 Å². The molecule has 0 spiro atoms. The van der Waals surface area contributed by atoms with Crippen LogP contribution in [-0.2, 0) is 11.2 Å². The Hall–Kier alpha value is -2.16. The average Bonchev–Trinajstić information content (AvgIpc) is 2.37. The molecule has 0 aliphatic rings. The largest absolute Gasteiger partial charge is 0.352 e. The highest BCUT2D eigenvalue weighted by Gasteiger charge is 2.08. The Balaban J connectivity index is 2.25. The topological polar surface area (TPSA) is 42.0 Å². The minimum atomic E-state index is -0.0271. The first-order valence-electron chi connectivity index (χ1n) is 5.93. The Morgan fingerprint density at radius 3 is 3.00 bits per heavy atom. The molecule has 92 valence electrons. The molecule has 0 aliphatic carbocycles. The smallest absolute Gasteiger partial charge is 0.226 e. The quantitative estimate of drug-likeness (QED) is 0.834. The van der Waals surface area contributed by atoms with Crippen molar-refractivity contribution in [1.29, 1.82) is 0 Å². The minimum Gasteiger partial charge on any atom is -0.352 e. The number of nitrogens with one attached hydrogen (secondary N) is 1. The van der Waals surface area contributed by atoms with Crippen LogP contribution in [0.3, 0.4) is 0 Å². The molecule has 0 saturated carbocycles. The summed E-state index contributed by atoms with van der Waals surface area (Å²) in [5, 5.41) is 3.86. The van der Waals surface area contributed by atoms with Gasteiger partial charge in [0.05, 0.1) is 17.6 Å². The Morgan fingerprint density at radius 1 is 1.44 bits per heavy atom. The van der Waals surface area contributed by atoms with Crippen molar-refractivity contribution in [2.24, 2.45) is 0 Å². The summed E-state index contributed by atoms with van der Waals surface area (Å²) in [6.45, 7) is 6.04. The van der Waals surface area contributed by atoms with Gasteiger partial charge in [-0.25, -0.2) is 0 Å². The number of aryl methyl sites for hydroxylation is 1. The first-order chi connectivity index (χ1) is 8.70. The molecular weight excluding hydrogens is 224 g/mol. The van der Waals surface area contributed by atoms with Gasteiger partial charge in [0.25, 0.3) is 0 Å². The number of amides is 1. The van der Waals surface area contributed by atoms with E-state index in [0.717, 1.165) is 22.2 Å². The molecule has 3 nitrogen and oxygen atoms in total. The van der Waals surface area contributed by atoms with E-state index in [2.05, 4.69) is 22.9 Å². The molecule has 2 aromatic rings. The van der Waals surface area contributed by atoms with Crippen LogP contribution in [0.2, 0.25) is 0 Å². The SMILES string of the molecule is C=CCNC(=O)Cc1nc2ccccc2cc1C. The molecule has 1 aromatic heterocycles. The van der Waals surface area contributed by atoms with E-state index in [4.69, 9.17) is 0 Å². The lowest BCUT2D eigenvalue weighted by Crippen LogP contribution is -2.25. The van der Waals surface area contributed by atoms with Crippen molar-refractivity contribution >= 4 is 16.8 Å². The van der Waals surface area contributed by atoms with Gasteiger partial charge in [0, 0.05) is 11.9 Å². The minimum absolute atomic E-state index is 0.0271. The van der Waals surface area contributed by atoms with Gasteiger partial charge in [-0.2, -0.15) is 0 Å².